The zero-order chi connectivity index (χ0) is 84.8. The summed E-state index contributed by atoms with van der Waals surface area (Å²) >= 11 is 0. The van der Waals surface area contributed by atoms with Crippen LogP contribution in [0.1, 0.15) is 22.4 Å². The Hall–Kier alpha value is -15.8. The number of rotatable bonds is 12. The van der Waals surface area contributed by atoms with E-state index in [1.54, 1.807) is 142 Å². The number of allylic oxidation sites excluding steroid dienone is 1. The third-order valence-electron chi connectivity index (χ3n) is 21.5. The second-order valence-electron chi connectivity index (χ2n) is 28.8. The summed E-state index contributed by atoms with van der Waals surface area (Å²) in [5.41, 5.74) is 16.5. The van der Waals surface area contributed by atoms with Crippen LogP contribution in [0, 0.1) is 38.2 Å². The van der Waals surface area contributed by atoms with Crippen LogP contribution in [0.15, 0.2) is 202 Å². The van der Waals surface area contributed by atoms with Crippen molar-refractivity contribution in [2.45, 2.75) is 20.8 Å². The average Bonchev–Trinajstić information content (AvgIpc) is 1.55. The Kier molecular flexibility index (Phi) is 19.7. The summed E-state index contributed by atoms with van der Waals surface area (Å²) in [6.45, 7) is 6.25. The van der Waals surface area contributed by atoms with Gasteiger partial charge in [-0.2, -0.15) is 15.3 Å². The second kappa shape index (κ2) is 30.7. The van der Waals surface area contributed by atoms with Crippen LogP contribution in [0.25, 0.3) is 150 Å². The zero-order valence-electron chi connectivity index (χ0n) is 67.7. The molecule has 20 rings (SSSR count). The molecular weight excluding hydrogens is 1550 g/mol. The summed E-state index contributed by atoms with van der Waals surface area (Å²) in [5, 5.41) is 15.8. The molecule has 0 bridgehead atoms. The lowest BCUT2D eigenvalue weighted by molar-refractivity contribution is 0.414. The molecule has 4 aromatic carbocycles. The van der Waals surface area contributed by atoms with Crippen LogP contribution in [-0.2, 0) is 49.3 Å². The Balaban J connectivity index is 0.000000115. The van der Waals surface area contributed by atoms with E-state index in [2.05, 4.69) is 66.2 Å². The fourth-order valence-corrected chi connectivity index (χ4v) is 15.6. The van der Waals surface area contributed by atoms with Crippen molar-refractivity contribution in [1.29, 1.82) is 0 Å². The summed E-state index contributed by atoms with van der Waals surface area (Å²) < 4.78 is 83.3. The number of pyridine rings is 8. The zero-order valence-corrected chi connectivity index (χ0v) is 67.7. The standard InChI is InChI=1S/2C22H19FN6O2.C22H19N5O2.C21H17FN6O2/c1-12-7-24-9-16(23)20(12)29-21-15-5-14(13-8-26-27(2)11-13)19(31-4)6-17(15)25-10-18(21)28(3)22(29)30;1-12-15(11-27(2)26-12)13-8-14-17(9-19(13)31-4)25-10-18-20(14)29(22(30)28(18)3)21-16(23)6-5-7-24-21;1-13-10-23-7-5-18(13)27-21-16-8-15(14-4-6-24-11-14)20(29-3)9-17(16)25-12-19(21)26(2)22(27)28;1-26-11-12(9-25-26)13-7-14-16(8-18(13)30-3)24-10-17-19(14)28(21(29)27(17)2)20-15(22)5-4-6-23-20/h2*5-11H,1-4H3;4-5,7-12H,6H2,1-3H3;4-11H,1-3H3. The fourth-order valence-electron chi connectivity index (χ4n) is 15.6. The molecule has 0 saturated carbocycles. The number of ether oxygens (including phenoxy) is 4. The van der Waals surface area contributed by atoms with E-state index in [9.17, 15) is 32.3 Å². The summed E-state index contributed by atoms with van der Waals surface area (Å²) in [5.74, 6) is 0.759. The molecule has 19 aromatic rings. The van der Waals surface area contributed by atoms with E-state index in [1.807, 2.05) is 108 Å². The number of nitrogens with zero attached hydrogens (tertiary/aromatic N) is 23. The van der Waals surface area contributed by atoms with Gasteiger partial charge in [0.1, 0.15) is 23.0 Å². The number of aromatic nitrogens is 22. The van der Waals surface area contributed by atoms with Gasteiger partial charge in [-0.1, -0.05) is 6.08 Å². The number of benzene rings is 4. The molecule has 0 spiro atoms. The largest absolute Gasteiger partial charge is 0.496 e. The van der Waals surface area contributed by atoms with Crippen LogP contribution in [-0.4, -0.2) is 147 Å². The van der Waals surface area contributed by atoms with Gasteiger partial charge in [-0.3, -0.25) is 76.3 Å². The maximum absolute atomic E-state index is 14.8. The highest BCUT2D eigenvalue weighted by Crippen LogP contribution is 2.42. The van der Waals surface area contributed by atoms with E-state index in [1.165, 1.54) is 70.3 Å². The first-order valence-electron chi connectivity index (χ1n) is 37.6. The lowest BCUT2D eigenvalue weighted by Crippen LogP contribution is -2.22. The minimum atomic E-state index is -0.585. The van der Waals surface area contributed by atoms with Crippen molar-refractivity contribution in [2.24, 2.45) is 54.3 Å². The highest BCUT2D eigenvalue weighted by Gasteiger charge is 2.28. The molecule has 0 fully saturated rings. The molecule has 1 aliphatic rings. The Morgan fingerprint density at radius 3 is 1.21 bits per heavy atom. The molecular formula is C87H74F3N23O8. The summed E-state index contributed by atoms with van der Waals surface area (Å²) in [4.78, 5) is 91.2. The van der Waals surface area contributed by atoms with E-state index in [4.69, 9.17) is 18.9 Å². The minimum Gasteiger partial charge on any atom is -0.496 e. The molecule has 1 aliphatic heterocycles. The SMILES string of the molecule is COc1cc2ncc3c(c2cc1-c1cn(C)nc1C)n(-c1ncccc1F)c(=O)n3C.COc1cc2ncc3c(c2cc1-c1cnn(C)c1)n(-c1c(C)cncc1F)c(=O)n3C.COc1cc2ncc3c(c2cc1-c1cnn(C)c1)n(-c1ncccc1F)c(=O)n3C.COc1cc2ncc3c(c2cc1C1=CCN=C1)n(-c1ccncc1C)c(=O)n3C. The van der Waals surface area contributed by atoms with Crippen LogP contribution >= 0.6 is 0 Å². The van der Waals surface area contributed by atoms with Crippen molar-refractivity contribution < 1.29 is 32.1 Å². The molecule has 0 amide bonds. The lowest BCUT2D eigenvalue weighted by Gasteiger charge is -2.12. The van der Waals surface area contributed by atoms with Crippen molar-refractivity contribution in [1.82, 2.24) is 106 Å². The normalized spacial score (nSPS) is 12.0. The van der Waals surface area contributed by atoms with Gasteiger partial charge in [0.25, 0.3) is 0 Å². The van der Waals surface area contributed by atoms with Gasteiger partial charge in [0.2, 0.25) is 0 Å². The van der Waals surface area contributed by atoms with E-state index in [-0.39, 0.29) is 28.7 Å². The fraction of sp³-hybridized carbons (Fsp3) is 0.172. The number of hydrogen-bond acceptors (Lipinski definition) is 20. The third-order valence-corrected chi connectivity index (χ3v) is 21.5. The minimum absolute atomic E-state index is 0.0551. The van der Waals surface area contributed by atoms with Crippen LogP contribution in [0.5, 0.6) is 23.0 Å². The van der Waals surface area contributed by atoms with Gasteiger partial charge in [0, 0.05) is 195 Å². The summed E-state index contributed by atoms with van der Waals surface area (Å²) in [7, 11) is 18.6. The number of hydrogen-bond donors (Lipinski definition) is 0. The number of aliphatic imine (C=N–C) groups is 1. The van der Waals surface area contributed by atoms with Crippen LogP contribution in [0.3, 0.4) is 0 Å². The highest BCUT2D eigenvalue weighted by molar-refractivity contribution is 6.15. The van der Waals surface area contributed by atoms with Gasteiger partial charge in [0.15, 0.2) is 29.1 Å². The first-order valence-corrected chi connectivity index (χ1v) is 37.6. The Bertz CT molecular complexity index is 7800. The van der Waals surface area contributed by atoms with E-state index >= 15 is 0 Å². The monoisotopic (exact) mass is 1630 g/mol. The quantitative estimate of drug-likeness (QED) is 0.110. The number of methoxy groups -OCH3 is 4. The molecule has 16 heterocycles. The van der Waals surface area contributed by atoms with Crippen molar-refractivity contribution in [3.8, 4) is 79.4 Å². The highest BCUT2D eigenvalue weighted by atomic mass is 19.1. The number of imidazole rings is 4. The summed E-state index contributed by atoms with van der Waals surface area (Å²) in [6.07, 6.45) is 28.6. The molecule has 0 unspecified atom stereocenters. The number of fused-ring (bicyclic) bond motifs is 12. The van der Waals surface area contributed by atoms with Gasteiger partial charge >= 0.3 is 22.8 Å². The average molecular weight is 1630 g/mol. The van der Waals surface area contributed by atoms with Crippen LogP contribution < -0.4 is 41.7 Å². The number of aryl methyl sites for hydroxylation is 10. The number of halogens is 3. The van der Waals surface area contributed by atoms with Gasteiger partial charge < -0.3 is 18.9 Å². The molecule has 0 radical (unpaired) electrons. The molecule has 0 N–H and O–H groups in total. The predicted molar refractivity (Wildman–Crippen MR) is 455 cm³/mol. The van der Waals surface area contributed by atoms with Crippen molar-refractivity contribution in [3.05, 3.63) is 260 Å². The van der Waals surface area contributed by atoms with Crippen molar-refractivity contribution in [2.75, 3.05) is 35.0 Å². The van der Waals surface area contributed by atoms with E-state index in [0.29, 0.717) is 95.2 Å². The van der Waals surface area contributed by atoms with Gasteiger partial charge in [-0.15, -0.1) is 0 Å². The van der Waals surface area contributed by atoms with Crippen LogP contribution in [0.2, 0.25) is 0 Å². The van der Waals surface area contributed by atoms with Crippen molar-refractivity contribution >= 4 is 99.5 Å². The molecule has 31 nitrogen and oxygen atoms in total. The Morgan fingerprint density at radius 1 is 0.388 bits per heavy atom. The molecule has 34 heteroatoms. The molecule has 606 valence electrons. The van der Waals surface area contributed by atoms with E-state index in [0.717, 1.165) is 95.3 Å². The molecule has 0 aliphatic carbocycles. The smallest absolute Gasteiger partial charge is 0.334 e. The predicted octanol–water partition coefficient (Wildman–Crippen LogP) is 12.1. The maximum atomic E-state index is 14.8. The molecule has 121 heavy (non-hydrogen) atoms. The molecule has 0 saturated heterocycles. The van der Waals surface area contributed by atoms with E-state index < -0.39 is 28.8 Å². The van der Waals surface area contributed by atoms with Gasteiger partial charge in [-0.25, -0.2) is 51.5 Å². The summed E-state index contributed by atoms with van der Waals surface area (Å²) in [6, 6.07) is 22.5. The van der Waals surface area contributed by atoms with Crippen LogP contribution in [0.4, 0.5) is 13.2 Å². The van der Waals surface area contributed by atoms with Gasteiger partial charge in [0.05, 0.1) is 162 Å². The van der Waals surface area contributed by atoms with Gasteiger partial charge in [-0.05, 0) is 86.5 Å². The molecule has 15 aromatic heterocycles. The second-order valence-corrected chi connectivity index (χ2v) is 28.8. The Labute approximate surface area is 683 Å². The van der Waals surface area contributed by atoms with Crippen molar-refractivity contribution in [3.63, 3.8) is 0 Å². The first kappa shape index (κ1) is 77.8. The Morgan fingerprint density at radius 2 is 0.802 bits per heavy atom. The molecule has 0 atom stereocenters. The third kappa shape index (κ3) is 13.1. The topological polar surface area (TPSA) is 314 Å². The lowest BCUT2D eigenvalue weighted by atomic mass is 10.0. The first-order chi connectivity index (χ1) is 58.4. The maximum Gasteiger partial charge on any atom is 0.334 e.